The van der Waals surface area contributed by atoms with Crippen LogP contribution in [0.3, 0.4) is 0 Å². The average molecular weight is 197 g/mol. The van der Waals surface area contributed by atoms with Gasteiger partial charge in [-0.1, -0.05) is 26.3 Å². The van der Waals surface area contributed by atoms with Crippen molar-refractivity contribution in [3.63, 3.8) is 0 Å². The molecule has 1 N–H and O–H groups in total. The second kappa shape index (κ2) is 6.17. The molecule has 0 aromatic carbocycles. The van der Waals surface area contributed by atoms with Crippen LogP contribution in [0, 0.1) is 0 Å². The molecule has 1 aromatic heterocycles. The van der Waals surface area contributed by atoms with E-state index in [4.69, 9.17) is 0 Å². The molecule has 0 radical (unpaired) electrons. The van der Waals surface area contributed by atoms with E-state index in [0.717, 1.165) is 6.54 Å². The Kier molecular flexibility index (Phi) is 5.09. The molecule has 0 spiro atoms. The highest BCUT2D eigenvalue weighted by Crippen LogP contribution is 2.09. The van der Waals surface area contributed by atoms with Crippen molar-refractivity contribution in [1.29, 1.82) is 0 Å². The van der Waals surface area contributed by atoms with Gasteiger partial charge in [0.2, 0.25) is 0 Å². The predicted molar refractivity (Wildman–Crippen MR) is 60.1 cm³/mol. The summed E-state index contributed by atoms with van der Waals surface area (Å²) in [5, 5.41) is 5.72. The maximum absolute atomic E-state index is 3.58. The van der Waals surface area contributed by atoms with Crippen LogP contribution in [0.25, 0.3) is 0 Å². The second-order valence-electron chi connectivity index (χ2n) is 3.35. The van der Waals surface area contributed by atoms with Gasteiger partial charge in [-0.25, -0.2) is 0 Å². The third kappa shape index (κ3) is 3.92. The average Bonchev–Trinajstić information content (AvgIpc) is 2.64. The zero-order valence-electron chi connectivity index (χ0n) is 8.55. The van der Waals surface area contributed by atoms with Crippen LogP contribution >= 0.6 is 11.3 Å². The van der Waals surface area contributed by atoms with Crippen molar-refractivity contribution in [2.45, 2.75) is 45.7 Å². The van der Waals surface area contributed by atoms with E-state index in [1.165, 1.54) is 24.1 Å². The van der Waals surface area contributed by atoms with Crippen molar-refractivity contribution in [2.75, 3.05) is 0 Å². The summed E-state index contributed by atoms with van der Waals surface area (Å²) in [4.78, 5) is 1.44. The molecule has 1 unspecified atom stereocenters. The van der Waals surface area contributed by atoms with E-state index in [0.29, 0.717) is 6.04 Å². The predicted octanol–water partition coefficient (Wildman–Crippen LogP) is 3.42. The van der Waals surface area contributed by atoms with Gasteiger partial charge in [0.25, 0.3) is 0 Å². The van der Waals surface area contributed by atoms with Gasteiger partial charge in [-0.2, -0.15) is 0 Å². The fourth-order valence-corrected chi connectivity index (χ4v) is 2.11. The van der Waals surface area contributed by atoms with Gasteiger partial charge in [-0.3, -0.25) is 0 Å². The molecular formula is C11H19NS. The fourth-order valence-electron chi connectivity index (χ4n) is 1.46. The molecule has 1 atom stereocenters. The molecule has 0 bridgehead atoms. The summed E-state index contributed by atoms with van der Waals surface area (Å²) in [7, 11) is 0. The molecule has 0 fully saturated rings. The van der Waals surface area contributed by atoms with Gasteiger partial charge in [0.05, 0.1) is 0 Å². The topological polar surface area (TPSA) is 12.0 Å². The van der Waals surface area contributed by atoms with Crippen LogP contribution in [-0.4, -0.2) is 6.04 Å². The van der Waals surface area contributed by atoms with Gasteiger partial charge >= 0.3 is 0 Å². The third-order valence-electron chi connectivity index (χ3n) is 2.28. The summed E-state index contributed by atoms with van der Waals surface area (Å²) in [5.74, 6) is 0. The van der Waals surface area contributed by atoms with E-state index >= 15 is 0 Å². The lowest BCUT2D eigenvalue weighted by molar-refractivity contribution is 0.464. The van der Waals surface area contributed by atoms with Gasteiger partial charge < -0.3 is 5.32 Å². The molecule has 13 heavy (non-hydrogen) atoms. The summed E-state index contributed by atoms with van der Waals surface area (Å²) in [5.41, 5.74) is 0. The quantitative estimate of drug-likeness (QED) is 0.737. The monoisotopic (exact) mass is 197 g/mol. The number of rotatable bonds is 6. The van der Waals surface area contributed by atoms with Crippen LogP contribution in [0.15, 0.2) is 17.5 Å². The Labute approximate surface area is 85.2 Å². The van der Waals surface area contributed by atoms with E-state index in [1.807, 2.05) is 11.3 Å². The first-order valence-corrected chi connectivity index (χ1v) is 6.00. The zero-order chi connectivity index (χ0) is 9.52. The lowest BCUT2D eigenvalue weighted by atomic mass is 10.1. The molecule has 74 valence electrons. The van der Waals surface area contributed by atoms with Gasteiger partial charge in [0, 0.05) is 17.5 Å². The first-order valence-electron chi connectivity index (χ1n) is 5.12. The summed E-state index contributed by atoms with van der Waals surface area (Å²) >= 11 is 1.83. The molecular weight excluding hydrogens is 178 g/mol. The maximum Gasteiger partial charge on any atom is 0.0302 e. The minimum absolute atomic E-state index is 0.701. The van der Waals surface area contributed by atoms with Gasteiger partial charge in [-0.15, -0.1) is 11.3 Å². The minimum atomic E-state index is 0.701. The Balaban J connectivity index is 2.23. The zero-order valence-corrected chi connectivity index (χ0v) is 9.36. The van der Waals surface area contributed by atoms with E-state index in [9.17, 15) is 0 Å². The van der Waals surface area contributed by atoms with Crippen molar-refractivity contribution in [3.8, 4) is 0 Å². The minimum Gasteiger partial charge on any atom is -0.309 e. The summed E-state index contributed by atoms with van der Waals surface area (Å²) in [6.07, 6.45) is 3.80. The van der Waals surface area contributed by atoms with Crippen LogP contribution in [0.4, 0.5) is 0 Å². The van der Waals surface area contributed by atoms with Crippen LogP contribution in [0.5, 0.6) is 0 Å². The SMILES string of the molecule is CCCC(CC)NCc1cccs1. The molecule has 0 aliphatic carbocycles. The summed E-state index contributed by atoms with van der Waals surface area (Å²) in [6, 6.07) is 5.01. The summed E-state index contributed by atoms with van der Waals surface area (Å²) < 4.78 is 0. The number of hydrogen-bond donors (Lipinski definition) is 1. The Morgan fingerprint density at radius 1 is 1.46 bits per heavy atom. The van der Waals surface area contributed by atoms with Gasteiger partial charge in [0.1, 0.15) is 0 Å². The lowest BCUT2D eigenvalue weighted by Crippen LogP contribution is -2.27. The molecule has 1 nitrogen and oxygen atoms in total. The first kappa shape index (κ1) is 10.7. The number of thiophene rings is 1. The molecule has 1 aromatic rings. The van der Waals surface area contributed by atoms with Crippen LogP contribution in [0.1, 0.15) is 38.0 Å². The van der Waals surface area contributed by atoms with Crippen LogP contribution in [0.2, 0.25) is 0 Å². The normalized spacial score (nSPS) is 13.1. The molecule has 0 aliphatic heterocycles. The highest BCUT2D eigenvalue weighted by atomic mass is 32.1. The van der Waals surface area contributed by atoms with Crippen molar-refractivity contribution in [1.82, 2.24) is 5.32 Å². The van der Waals surface area contributed by atoms with Crippen LogP contribution < -0.4 is 5.32 Å². The van der Waals surface area contributed by atoms with E-state index in [2.05, 4.69) is 36.7 Å². The molecule has 0 amide bonds. The number of nitrogens with one attached hydrogen (secondary N) is 1. The van der Waals surface area contributed by atoms with Gasteiger partial charge in [-0.05, 0) is 24.3 Å². The van der Waals surface area contributed by atoms with E-state index in [1.54, 1.807) is 0 Å². The Morgan fingerprint density at radius 3 is 2.85 bits per heavy atom. The molecule has 1 rings (SSSR count). The third-order valence-corrected chi connectivity index (χ3v) is 3.15. The molecule has 0 aliphatic rings. The lowest BCUT2D eigenvalue weighted by Gasteiger charge is -2.14. The van der Waals surface area contributed by atoms with Gasteiger partial charge in [0.15, 0.2) is 0 Å². The van der Waals surface area contributed by atoms with E-state index in [-0.39, 0.29) is 0 Å². The van der Waals surface area contributed by atoms with Crippen molar-refractivity contribution in [2.24, 2.45) is 0 Å². The molecule has 2 heteroatoms. The Bertz CT molecular complexity index is 206. The number of hydrogen-bond acceptors (Lipinski definition) is 2. The van der Waals surface area contributed by atoms with E-state index < -0.39 is 0 Å². The standard InChI is InChI=1S/C11H19NS/c1-3-6-10(4-2)12-9-11-7-5-8-13-11/h5,7-8,10,12H,3-4,6,9H2,1-2H3. The van der Waals surface area contributed by atoms with Crippen molar-refractivity contribution < 1.29 is 0 Å². The first-order chi connectivity index (χ1) is 6.36. The molecule has 0 saturated heterocycles. The second-order valence-corrected chi connectivity index (χ2v) is 4.39. The fraction of sp³-hybridized carbons (Fsp3) is 0.636. The largest absolute Gasteiger partial charge is 0.309 e. The highest BCUT2D eigenvalue weighted by Gasteiger charge is 2.03. The molecule has 1 heterocycles. The van der Waals surface area contributed by atoms with Crippen molar-refractivity contribution in [3.05, 3.63) is 22.4 Å². The molecule has 0 saturated carbocycles. The maximum atomic E-state index is 3.58. The Hall–Kier alpha value is -0.340. The highest BCUT2D eigenvalue weighted by molar-refractivity contribution is 7.09. The Morgan fingerprint density at radius 2 is 2.31 bits per heavy atom. The van der Waals surface area contributed by atoms with Crippen molar-refractivity contribution >= 4 is 11.3 Å². The summed E-state index contributed by atoms with van der Waals surface area (Å²) in [6.45, 7) is 5.54. The van der Waals surface area contributed by atoms with Crippen LogP contribution in [-0.2, 0) is 6.54 Å². The smallest absolute Gasteiger partial charge is 0.0302 e.